The third-order valence-corrected chi connectivity index (χ3v) is 3.20. The molecule has 2 rings (SSSR count). The number of carbonyl (C=O) groups is 1. The zero-order valence-corrected chi connectivity index (χ0v) is 12.6. The average molecular weight is 331 g/mol. The molecule has 0 aliphatic heterocycles. The van der Waals surface area contributed by atoms with Gasteiger partial charge in [-0.2, -0.15) is 0 Å². The second-order valence-corrected chi connectivity index (χ2v) is 5.27. The minimum Gasteiger partial charge on any atom is -0.314 e. The molecular formula is C16H15BrN2O. The predicted molar refractivity (Wildman–Crippen MR) is 86.5 cm³/mol. The molecule has 0 saturated heterocycles. The van der Waals surface area contributed by atoms with Gasteiger partial charge in [0.15, 0.2) is 0 Å². The molecule has 0 bridgehead atoms. The van der Waals surface area contributed by atoms with Crippen LogP contribution in [0.25, 0.3) is 6.08 Å². The van der Waals surface area contributed by atoms with Gasteiger partial charge >= 0.3 is 6.03 Å². The van der Waals surface area contributed by atoms with Gasteiger partial charge in [0, 0.05) is 16.4 Å². The van der Waals surface area contributed by atoms with E-state index in [-0.39, 0.29) is 6.03 Å². The maximum atomic E-state index is 11.7. The summed E-state index contributed by atoms with van der Waals surface area (Å²) in [6.07, 6.45) is 3.47. The van der Waals surface area contributed by atoms with E-state index in [2.05, 4.69) is 26.6 Å². The number of hydrogen-bond acceptors (Lipinski definition) is 1. The number of hydrogen-bond donors (Lipinski definition) is 2. The Kier molecular flexibility index (Phi) is 4.96. The summed E-state index contributed by atoms with van der Waals surface area (Å²) in [5, 5.41) is 5.41. The van der Waals surface area contributed by atoms with Crippen LogP contribution in [0.15, 0.2) is 59.2 Å². The highest BCUT2D eigenvalue weighted by atomic mass is 79.9. The van der Waals surface area contributed by atoms with Crippen molar-refractivity contribution in [1.82, 2.24) is 5.32 Å². The number of aryl methyl sites for hydroxylation is 1. The largest absolute Gasteiger partial charge is 0.323 e. The third kappa shape index (κ3) is 4.55. The lowest BCUT2D eigenvalue weighted by molar-refractivity contribution is 0.255. The van der Waals surface area contributed by atoms with E-state index in [0.29, 0.717) is 0 Å². The Labute approximate surface area is 126 Å². The monoisotopic (exact) mass is 330 g/mol. The maximum Gasteiger partial charge on any atom is 0.323 e. The van der Waals surface area contributed by atoms with Crippen molar-refractivity contribution in [3.63, 3.8) is 0 Å². The fourth-order valence-electron chi connectivity index (χ4n) is 1.59. The van der Waals surface area contributed by atoms with Crippen molar-refractivity contribution in [2.45, 2.75) is 6.92 Å². The topological polar surface area (TPSA) is 41.1 Å². The van der Waals surface area contributed by atoms with Crippen LogP contribution in [0.4, 0.5) is 10.5 Å². The molecule has 0 fully saturated rings. The van der Waals surface area contributed by atoms with Crippen LogP contribution in [0, 0.1) is 6.92 Å². The molecule has 0 radical (unpaired) electrons. The Morgan fingerprint density at radius 1 is 1.05 bits per heavy atom. The smallest absolute Gasteiger partial charge is 0.314 e. The zero-order chi connectivity index (χ0) is 14.4. The number of carbonyl (C=O) groups excluding carboxylic acids is 1. The highest BCUT2D eigenvalue weighted by Gasteiger charge is 1.98. The molecule has 3 nitrogen and oxygen atoms in total. The quantitative estimate of drug-likeness (QED) is 0.851. The Balaban J connectivity index is 1.85. The zero-order valence-electron chi connectivity index (χ0n) is 11.1. The van der Waals surface area contributed by atoms with E-state index in [9.17, 15) is 4.79 Å². The van der Waals surface area contributed by atoms with Gasteiger partial charge in [-0.1, -0.05) is 45.8 Å². The average Bonchev–Trinajstić information content (AvgIpc) is 2.44. The van der Waals surface area contributed by atoms with Crippen molar-refractivity contribution in [2.75, 3.05) is 5.32 Å². The fourth-order valence-corrected chi connectivity index (χ4v) is 1.86. The van der Waals surface area contributed by atoms with Crippen molar-refractivity contribution in [2.24, 2.45) is 0 Å². The van der Waals surface area contributed by atoms with Crippen LogP contribution in [0.5, 0.6) is 0 Å². The van der Waals surface area contributed by atoms with Gasteiger partial charge in [-0.05, 0) is 42.8 Å². The van der Waals surface area contributed by atoms with Crippen LogP contribution in [0.2, 0.25) is 0 Å². The van der Waals surface area contributed by atoms with E-state index < -0.39 is 0 Å². The first-order valence-corrected chi connectivity index (χ1v) is 6.99. The van der Waals surface area contributed by atoms with E-state index in [1.165, 1.54) is 5.56 Å². The van der Waals surface area contributed by atoms with Crippen LogP contribution in [-0.4, -0.2) is 6.03 Å². The van der Waals surface area contributed by atoms with Crippen molar-refractivity contribution in [3.05, 3.63) is 70.3 Å². The normalized spacial score (nSPS) is 10.5. The summed E-state index contributed by atoms with van der Waals surface area (Å²) in [6, 6.07) is 15.2. The summed E-state index contributed by atoms with van der Waals surface area (Å²) < 4.78 is 0.975. The molecule has 2 amide bonds. The van der Waals surface area contributed by atoms with Crippen molar-refractivity contribution in [1.29, 1.82) is 0 Å². The molecule has 0 aliphatic rings. The molecule has 102 valence electrons. The van der Waals surface area contributed by atoms with Crippen molar-refractivity contribution >= 4 is 33.7 Å². The maximum absolute atomic E-state index is 11.7. The van der Waals surface area contributed by atoms with Gasteiger partial charge < -0.3 is 10.6 Å². The molecule has 0 heterocycles. The standard InChI is InChI=1S/C16H15BrN2O/c1-12-2-4-13(5-3-12)10-11-18-16(20)19-15-8-6-14(17)7-9-15/h2-11H,1H3,(H2,18,19,20)/b11-10+. The summed E-state index contributed by atoms with van der Waals surface area (Å²) in [4.78, 5) is 11.7. The van der Waals surface area contributed by atoms with Crippen LogP contribution in [0.3, 0.4) is 0 Å². The summed E-state index contributed by atoms with van der Waals surface area (Å²) in [6.45, 7) is 2.04. The number of nitrogens with one attached hydrogen (secondary N) is 2. The second kappa shape index (κ2) is 6.91. The summed E-state index contributed by atoms with van der Waals surface area (Å²) in [5.74, 6) is 0. The Bertz CT molecular complexity index is 603. The summed E-state index contributed by atoms with van der Waals surface area (Å²) in [7, 11) is 0. The Morgan fingerprint density at radius 3 is 2.35 bits per heavy atom. The molecular weight excluding hydrogens is 316 g/mol. The molecule has 2 N–H and O–H groups in total. The highest BCUT2D eigenvalue weighted by molar-refractivity contribution is 9.10. The molecule has 0 atom stereocenters. The van der Waals surface area contributed by atoms with Crippen LogP contribution in [-0.2, 0) is 0 Å². The molecule has 4 heteroatoms. The number of amides is 2. The van der Waals surface area contributed by atoms with Gasteiger partial charge in [-0.3, -0.25) is 0 Å². The molecule has 0 saturated carbocycles. The number of rotatable bonds is 3. The molecule has 0 aromatic heterocycles. The second-order valence-electron chi connectivity index (χ2n) is 4.35. The first-order chi connectivity index (χ1) is 9.63. The van der Waals surface area contributed by atoms with Crippen molar-refractivity contribution < 1.29 is 4.79 Å². The number of urea groups is 1. The lowest BCUT2D eigenvalue weighted by atomic mass is 10.1. The lowest BCUT2D eigenvalue weighted by Crippen LogP contribution is -2.23. The predicted octanol–water partition coefficient (Wildman–Crippen LogP) is 4.55. The van der Waals surface area contributed by atoms with Gasteiger partial charge in [0.05, 0.1) is 0 Å². The molecule has 0 spiro atoms. The first kappa shape index (κ1) is 14.3. The number of anilines is 1. The van der Waals surface area contributed by atoms with Gasteiger partial charge in [0.2, 0.25) is 0 Å². The van der Waals surface area contributed by atoms with Gasteiger partial charge in [0.25, 0.3) is 0 Å². The van der Waals surface area contributed by atoms with Gasteiger partial charge in [-0.15, -0.1) is 0 Å². The van der Waals surface area contributed by atoms with E-state index in [4.69, 9.17) is 0 Å². The van der Waals surface area contributed by atoms with Crippen LogP contribution in [0.1, 0.15) is 11.1 Å². The summed E-state index contributed by atoms with van der Waals surface area (Å²) >= 11 is 3.35. The fraction of sp³-hybridized carbons (Fsp3) is 0.0625. The number of benzene rings is 2. The minimum atomic E-state index is -0.268. The molecule has 0 aliphatic carbocycles. The minimum absolute atomic E-state index is 0.268. The Morgan fingerprint density at radius 2 is 1.70 bits per heavy atom. The Hall–Kier alpha value is -2.07. The van der Waals surface area contributed by atoms with Crippen molar-refractivity contribution in [3.8, 4) is 0 Å². The van der Waals surface area contributed by atoms with Gasteiger partial charge in [-0.25, -0.2) is 4.79 Å². The summed E-state index contributed by atoms with van der Waals surface area (Å²) in [5.41, 5.74) is 3.00. The van der Waals surface area contributed by atoms with Gasteiger partial charge in [0.1, 0.15) is 0 Å². The molecule has 0 unspecified atom stereocenters. The number of halogens is 1. The van der Waals surface area contributed by atoms with Crippen LogP contribution >= 0.6 is 15.9 Å². The van der Waals surface area contributed by atoms with E-state index >= 15 is 0 Å². The first-order valence-electron chi connectivity index (χ1n) is 6.20. The lowest BCUT2D eigenvalue weighted by Gasteiger charge is -2.04. The molecule has 2 aromatic rings. The third-order valence-electron chi connectivity index (χ3n) is 2.67. The van der Waals surface area contributed by atoms with E-state index in [0.717, 1.165) is 15.7 Å². The van der Waals surface area contributed by atoms with E-state index in [1.807, 2.05) is 61.5 Å². The molecule has 2 aromatic carbocycles. The SMILES string of the molecule is Cc1ccc(/C=C/NC(=O)Nc2ccc(Br)cc2)cc1. The van der Waals surface area contributed by atoms with Crippen LogP contribution < -0.4 is 10.6 Å². The molecule has 20 heavy (non-hydrogen) atoms. The highest BCUT2D eigenvalue weighted by Crippen LogP contribution is 2.13. The van der Waals surface area contributed by atoms with E-state index in [1.54, 1.807) is 6.20 Å².